The first-order valence-corrected chi connectivity index (χ1v) is 5.70. The first-order valence-electron chi connectivity index (χ1n) is 5.70. The van der Waals surface area contributed by atoms with Crippen molar-refractivity contribution in [2.75, 3.05) is 13.7 Å². The molecule has 0 fully saturated rings. The van der Waals surface area contributed by atoms with Crippen molar-refractivity contribution in [2.45, 2.75) is 38.6 Å². The molecule has 0 saturated carbocycles. The highest BCUT2D eigenvalue weighted by Gasteiger charge is 2.20. The summed E-state index contributed by atoms with van der Waals surface area (Å²) in [4.78, 5) is 11.3. The molecular formula is C12H21N3O2. The van der Waals surface area contributed by atoms with Gasteiger partial charge in [0, 0.05) is 12.1 Å². The summed E-state index contributed by atoms with van der Waals surface area (Å²) in [6.07, 6.45) is 4.01. The summed E-state index contributed by atoms with van der Waals surface area (Å²) < 4.78 is 6.53. The van der Waals surface area contributed by atoms with Crippen LogP contribution in [0.5, 0.6) is 0 Å². The standard InChI is InChI=1S/C12H21N3O2/c1-12(2,3)15-8-10(7-14-15)9(6-13)5-11(16)17-4/h7-9H,5-6,13H2,1-4H3. The van der Waals surface area contributed by atoms with E-state index >= 15 is 0 Å². The molecule has 0 aromatic carbocycles. The maximum absolute atomic E-state index is 11.3. The molecule has 1 aromatic rings. The van der Waals surface area contributed by atoms with Gasteiger partial charge in [0.2, 0.25) is 0 Å². The van der Waals surface area contributed by atoms with E-state index < -0.39 is 0 Å². The molecule has 0 spiro atoms. The number of methoxy groups -OCH3 is 1. The third-order valence-electron chi connectivity index (χ3n) is 2.69. The number of hydrogen-bond acceptors (Lipinski definition) is 4. The number of esters is 1. The van der Waals surface area contributed by atoms with Gasteiger partial charge in [-0.15, -0.1) is 0 Å². The van der Waals surface area contributed by atoms with Crippen LogP contribution in [0.2, 0.25) is 0 Å². The summed E-state index contributed by atoms with van der Waals surface area (Å²) in [5.74, 6) is -0.275. The average Bonchev–Trinajstić information content (AvgIpc) is 2.74. The van der Waals surface area contributed by atoms with Crippen molar-refractivity contribution in [3.8, 4) is 0 Å². The summed E-state index contributed by atoms with van der Waals surface area (Å²) in [5, 5.41) is 4.30. The molecule has 0 aliphatic rings. The number of nitrogens with zero attached hydrogens (tertiary/aromatic N) is 2. The van der Waals surface area contributed by atoms with Crippen LogP contribution >= 0.6 is 0 Å². The van der Waals surface area contributed by atoms with E-state index in [0.29, 0.717) is 13.0 Å². The molecule has 5 nitrogen and oxygen atoms in total. The molecule has 1 atom stereocenters. The zero-order chi connectivity index (χ0) is 13.1. The van der Waals surface area contributed by atoms with E-state index in [2.05, 4.69) is 30.6 Å². The fourth-order valence-electron chi connectivity index (χ4n) is 1.54. The minimum atomic E-state index is -0.246. The lowest BCUT2D eigenvalue weighted by atomic mass is 9.99. The Morgan fingerprint density at radius 3 is 2.65 bits per heavy atom. The molecule has 0 amide bonds. The SMILES string of the molecule is COC(=O)CC(CN)c1cnn(C(C)(C)C)c1. The number of rotatable bonds is 4. The van der Waals surface area contributed by atoms with Gasteiger partial charge in [-0.05, 0) is 32.9 Å². The topological polar surface area (TPSA) is 70.1 Å². The predicted octanol–water partition coefficient (Wildman–Crippen LogP) is 1.24. The van der Waals surface area contributed by atoms with Crippen molar-refractivity contribution in [3.05, 3.63) is 18.0 Å². The number of aromatic nitrogens is 2. The highest BCUT2D eigenvalue weighted by Crippen LogP contribution is 2.21. The Morgan fingerprint density at radius 2 is 2.24 bits per heavy atom. The summed E-state index contributed by atoms with van der Waals surface area (Å²) in [6.45, 7) is 6.62. The van der Waals surface area contributed by atoms with Gasteiger partial charge in [-0.25, -0.2) is 0 Å². The molecule has 0 bridgehead atoms. The van der Waals surface area contributed by atoms with Gasteiger partial charge >= 0.3 is 5.97 Å². The molecule has 1 heterocycles. The van der Waals surface area contributed by atoms with E-state index in [1.807, 2.05) is 10.9 Å². The van der Waals surface area contributed by atoms with Crippen LogP contribution in [0.15, 0.2) is 12.4 Å². The molecular weight excluding hydrogens is 218 g/mol. The van der Waals surface area contributed by atoms with Gasteiger partial charge in [-0.3, -0.25) is 9.48 Å². The van der Waals surface area contributed by atoms with Gasteiger partial charge in [0.25, 0.3) is 0 Å². The number of hydrogen-bond donors (Lipinski definition) is 1. The van der Waals surface area contributed by atoms with E-state index in [9.17, 15) is 4.79 Å². The minimum absolute atomic E-state index is 0.0291. The van der Waals surface area contributed by atoms with E-state index in [1.54, 1.807) is 6.20 Å². The van der Waals surface area contributed by atoms with Crippen LogP contribution in [0.1, 0.15) is 38.7 Å². The lowest BCUT2D eigenvalue weighted by molar-refractivity contribution is -0.141. The second kappa shape index (κ2) is 5.31. The Balaban J connectivity index is 2.83. The Labute approximate surface area is 102 Å². The third kappa shape index (κ3) is 3.56. The van der Waals surface area contributed by atoms with Crippen molar-refractivity contribution in [2.24, 2.45) is 5.73 Å². The van der Waals surface area contributed by atoms with Crippen molar-refractivity contribution in [3.63, 3.8) is 0 Å². The van der Waals surface area contributed by atoms with Crippen molar-refractivity contribution >= 4 is 5.97 Å². The first-order chi connectivity index (χ1) is 7.88. The maximum atomic E-state index is 11.3. The van der Waals surface area contributed by atoms with Gasteiger partial charge in [-0.1, -0.05) is 0 Å². The van der Waals surface area contributed by atoms with Crippen LogP contribution in [0.25, 0.3) is 0 Å². The van der Waals surface area contributed by atoms with Gasteiger partial charge in [0.15, 0.2) is 0 Å². The highest BCUT2D eigenvalue weighted by atomic mass is 16.5. The van der Waals surface area contributed by atoms with Gasteiger partial charge in [-0.2, -0.15) is 5.10 Å². The van der Waals surface area contributed by atoms with Crippen molar-refractivity contribution in [1.82, 2.24) is 9.78 Å². The molecule has 17 heavy (non-hydrogen) atoms. The largest absolute Gasteiger partial charge is 0.469 e. The minimum Gasteiger partial charge on any atom is -0.469 e. The normalized spacial score (nSPS) is 13.5. The van der Waals surface area contributed by atoms with Crippen LogP contribution in [0.3, 0.4) is 0 Å². The van der Waals surface area contributed by atoms with Crippen molar-refractivity contribution in [1.29, 1.82) is 0 Å². The molecule has 1 aromatic heterocycles. The molecule has 1 unspecified atom stereocenters. The zero-order valence-corrected chi connectivity index (χ0v) is 10.9. The lowest BCUT2D eigenvalue weighted by Gasteiger charge is -2.19. The van der Waals surface area contributed by atoms with Crippen molar-refractivity contribution < 1.29 is 9.53 Å². The summed E-state index contributed by atoms with van der Waals surface area (Å²) >= 11 is 0. The van der Waals surface area contributed by atoms with E-state index in [4.69, 9.17) is 5.73 Å². The Kier molecular flexibility index (Phi) is 4.28. The number of carbonyl (C=O) groups excluding carboxylic acids is 1. The quantitative estimate of drug-likeness (QED) is 0.803. The highest BCUT2D eigenvalue weighted by molar-refractivity contribution is 5.70. The van der Waals surface area contributed by atoms with Crippen LogP contribution in [-0.4, -0.2) is 29.4 Å². The molecule has 1 rings (SSSR count). The number of nitrogens with two attached hydrogens (primary N) is 1. The van der Waals surface area contributed by atoms with E-state index in [1.165, 1.54) is 7.11 Å². The maximum Gasteiger partial charge on any atom is 0.306 e. The number of ether oxygens (including phenoxy) is 1. The molecule has 5 heteroatoms. The fraction of sp³-hybridized carbons (Fsp3) is 0.667. The fourth-order valence-corrected chi connectivity index (χ4v) is 1.54. The summed E-state index contributed by atoms with van der Waals surface area (Å²) in [7, 11) is 1.38. The average molecular weight is 239 g/mol. The van der Waals surface area contributed by atoms with Gasteiger partial charge in [0.1, 0.15) is 0 Å². The van der Waals surface area contributed by atoms with Gasteiger partial charge in [0.05, 0.1) is 25.3 Å². The second-order valence-corrected chi connectivity index (χ2v) is 5.10. The van der Waals surface area contributed by atoms with Gasteiger partial charge < -0.3 is 10.5 Å². The smallest absolute Gasteiger partial charge is 0.306 e. The van der Waals surface area contributed by atoms with Crippen LogP contribution in [0, 0.1) is 0 Å². The molecule has 96 valence electrons. The molecule has 0 radical (unpaired) electrons. The predicted molar refractivity (Wildman–Crippen MR) is 65.7 cm³/mol. The Morgan fingerprint density at radius 1 is 1.59 bits per heavy atom. The summed E-state index contributed by atoms with van der Waals surface area (Å²) in [6, 6.07) is 0. The molecule has 2 N–H and O–H groups in total. The van der Waals surface area contributed by atoms with E-state index in [0.717, 1.165) is 5.56 Å². The monoisotopic (exact) mass is 239 g/mol. The Bertz CT molecular complexity index is 379. The molecule has 0 aliphatic carbocycles. The van der Waals surface area contributed by atoms with E-state index in [-0.39, 0.29) is 17.4 Å². The van der Waals surface area contributed by atoms with Crippen LogP contribution in [0.4, 0.5) is 0 Å². The summed E-state index contributed by atoms with van der Waals surface area (Å²) in [5.41, 5.74) is 6.59. The third-order valence-corrected chi connectivity index (χ3v) is 2.69. The second-order valence-electron chi connectivity index (χ2n) is 5.10. The number of carbonyl (C=O) groups is 1. The lowest BCUT2D eigenvalue weighted by Crippen LogP contribution is -2.22. The first kappa shape index (κ1) is 13.7. The molecule has 0 aliphatic heterocycles. The Hall–Kier alpha value is -1.36. The van der Waals surface area contributed by atoms with Crippen LogP contribution < -0.4 is 5.73 Å². The van der Waals surface area contributed by atoms with Crippen LogP contribution in [-0.2, 0) is 15.1 Å². The zero-order valence-electron chi connectivity index (χ0n) is 10.9. The molecule has 0 saturated heterocycles.